The fourth-order valence-electron chi connectivity index (χ4n) is 1.88. The number of rotatable bonds is 4. The van der Waals surface area contributed by atoms with E-state index in [-0.39, 0.29) is 18.4 Å². The Labute approximate surface area is 101 Å². The lowest BCUT2D eigenvalue weighted by Gasteiger charge is -2.14. The van der Waals surface area contributed by atoms with Crippen molar-refractivity contribution in [3.8, 4) is 0 Å². The Morgan fingerprint density at radius 1 is 1.47 bits per heavy atom. The Morgan fingerprint density at radius 2 is 2.24 bits per heavy atom. The van der Waals surface area contributed by atoms with Crippen LogP contribution in [0.1, 0.15) is 18.1 Å². The van der Waals surface area contributed by atoms with Crippen molar-refractivity contribution in [1.29, 1.82) is 0 Å². The van der Waals surface area contributed by atoms with Gasteiger partial charge >= 0.3 is 0 Å². The molecule has 2 rings (SSSR count). The topological polar surface area (TPSA) is 58.6 Å². The minimum absolute atomic E-state index is 0.0301. The van der Waals surface area contributed by atoms with Crippen molar-refractivity contribution in [2.45, 2.75) is 12.5 Å². The Kier molecular flexibility index (Phi) is 4.12. The number of amides is 1. The number of carbonyl (C=O) groups excluding carboxylic acids is 1. The second-order valence-electron chi connectivity index (χ2n) is 4.23. The van der Waals surface area contributed by atoms with E-state index in [2.05, 4.69) is 5.32 Å². The van der Waals surface area contributed by atoms with Gasteiger partial charge in [-0.05, 0) is 12.0 Å². The third-order valence-corrected chi connectivity index (χ3v) is 2.95. The van der Waals surface area contributed by atoms with E-state index >= 15 is 0 Å². The van der Waals surface area contributed by atoms with Crippen LogP contribution in [0.3, 0.4) is 0 Å². The van der Waals surface area contributed by atoms with Crippen LogP contribution < -0.4 is 5.32 Å². The molecule has 2 atom stereocenters. The third kappa shape index (κ3) is 3.28. The van der Waals surface area contributed by atoms with E-state index in [9.17, 15) is 9.90 Å². The number of carbonyl (C=O) groups is 1. The largest absolute Gasteiger partial charge is 0.387 e. The number of ether oxygens (including phenoxy) is 1. The normalized spacial score (nSPS) is 21.1. The first-order chi connectivity index (χ1) is 8.27. The van der Waals surface area contributed by atoms with Gasteiger partial charge in [-0.25, -0.2) is 0 Å². The quantitative estimate of drug-likeness (QED) is 0.814. The third-order valence-electron chi connectivity index (χ3n) is 2.95. The van der Waals surface area contributed by atoms with Crippen molar-refractivity contribution in [3.05, 3.63) is 35.9 Å². The molecule has 0 radical (unpaired) electrons. The van der Waals surface area contributed by atoms with Gasteiger partial charge in [0.1, 0.15) is 0 Å². The van der Waals surface area contributed by atoms with Gasteiger partial charge in [-0.2, -0.15) is 0 Å². The summed E-state index contributed by atoms with van der Waals surface area (Å²) in [6.07, 6.45) is 0.121. The number of hydrogen-bond donors (Lipinski definition) is 2. The van der Waals surface area contributed by atoms with Crippen LogP contribution >= 0.6 is 0 Å². The average Bonchev–Trinajstić information content (AvgIpc) is 2.90. The smallest absolute Gasteiger partial charge is 0.225 e. The minimum atomic E-state index is -0.650. The van der Waals surface area contributed by atoms with E-state index < -0.39 is 6.10 Å². The van der Waals surface area contributed by atoms with E-state index in [1.807, 2.05) is 30.3 Å². The zero-order valence-corrected chi connectivity index (χ0v) is 9.63. The summed E-state index contributed by atoms with van der Waals surface area (Å²) in [5.74, 6) is -0.0875. The van der Waals surface area contributed by atoms with Gasteiger partial charge in [-0.1, -0.05) is 30.3 Å². The fourth-order valence-corrected chi connectivity index (χ4v) is 1.88. The molecule has 17 heavy (non-hydrogen) atoms. The maximum absolute atomic E-state index is 11.7. The van der Waals surface area contributed by atoms with Crippen molar-refractivity contribution in [2.24, 2.45) is 5.92 Å². The maximum atomic E-state index is 11.7. The minimum Gasteiger partial charge on any atom is -0.387 e. The van der Waals surface area contributed by atoms with Gasteiger partial charge in [0.05, 0.1) is 18.6 Å². The van der Waals surface area contributed by atoms with Crippen LogP contribution in [0, 0.1) is 5.92 Å². The van der Waals surface area contributed by atoms with Crippen LogP contribution in [0.4, 0.5) is 0 Å². The zero-order chi connectivity index (χ0) is 12.1. The van der Waals surface area contributed by atoms with Crippen molar-refractivity contribution in [1.82, 2.24) is 5.32 Å². The molecule has 92 valence electrons. The van der Waals surface area contributed by atoms with Crippen molar-refractivity contribution < 1.29 is 14.6 Å². The van der Waals surface area contributed by atoms with Crippen LogP contribution in [0.25, 0.3) is 0 Å². The van der Waals surface area contributed by atoms with Crippen molar-refractivity contribution >= 4 is 5.91 Å². The van der Waals surface area contributed by atoms with E-state index in [4.69, 9.17) is 4.74 Å². The number of hydrogen-bond acceptors (Lipinski definition) is 3. The summed E-state index contributed by atoms with van der Waals surface area (Å²) in [6.45, 7) is 1.39. The Morgan fingerprint density at radius 3 is 2.88 bits per heavy atom. The van der Waals surface area contributed by atoms with Gasteiger partial charge in [0.25, 0.3) is 0 Å². The Hall–Kier alpha value is -1.39. The van der Waals surface area contributed by atoms with E-state index in [0.29, 0.717) is 13.2 Å². The van der Waals surface area contributed by atoms with Gasteiger partial charge in [0.2, 0.25) is 5.91 Å². The highest BCUT2D eigenvalue weighted by atomic mass is 16.5. The molecule has 1 saturated heterocycles. The molecule has 1 heterocycles. The molecular weight excluding hydrogens is 218 g/mol. The van der Waals surface area contributed by atoms with Crippen LogP contribution in [-0.2, 0) is 9.53 Å². The monoisotopic (exact) mass is 235 g/mol. The van der Waals surface area contributed by atoms with Gasteiger partial charge in [-0.15, -0.1) is 0 Å². The number of benzene rings is 1. The lowest BCUT2D eigenvalue weighted by atomic mass is 10.1. The van der Waals surface area contributed by atoms with Gasteiger partial charge < -0.3 is 15.2 Å². The fraction of sp³-hybridized carbons (Fsp3) is 0.462. The summed E-state index contributed by atoms with van der Waals surface area (Å²) >= 11 is 0. The highest BCUT2D eigenvalue weighted by Crippen LogP contribution is 2.14. The zero-order valence-electron chi connectivity index (χ0n) is 9.63. The first-order valence-electron chi connectivity index (χ1n) is 5.86. The molecule has 1 aromatic carbocycles. The highest BCUT2D eigenvalue weighted by molar-refractivity contribution is 5.79. The molecule has 1 aliphatic heterocycles. The van der Waals surface area contributed by atoms with E-state index in [0.717, 1.165) is 12.0 Å². The van der Waals surface area contributed by atoms with Crippen LogP contribution in [-0.4, -0.2) is 30.8 Å². The Bertz CT molecular complexity index is 360. The van der Waals surface area contributed by atoms with Gasteiger partial charge in [-0.3, -0.25) is 4.79 Å². The number of aliphatic hydroxyl groups is 1. The molecule has 1 aromatic rings. The second kappa shape index (κ2) is 5.80. The van der Waals surface area contributed by atoms with Gasteiger partial charge in [0, 0.05) is 13.2 Å². The number of aliphatic hydroxyl groups excluding tert-OH is 1. The lowest BCUT2D eigenvalue weighted by molar-refractivity contribution is -0.125. The predicted molar refractivity (Wildman–Crippen MR) is 63.3 cm³/mol. The molecule has 0 saturated carbocycles. The summed E-state index contributed by atoms with van der Waals surface area (Å²) in [5.41, 5.74) is 0.815. The molecule has 1 fully saturated rings. The van der Waals surface area contributed by atoms with E-state index in [1.165, 1.54) is 0 Å². The van der Waals surface area contributed by atoms with Crippen LogP contribution in [0.5, 0.6) is 0 Å². The van der Waals surface area contributed by atoms with Gasteiger partial charge in [0.15, 0.2) is 0 Å². The molecule has 1 aliphatic rings. The predicted octanol–water partition coefficient (Wildman–Crippen LogP) is 0.873. The highest BCUT2D eigenvalue weighted by Gasteiger charge is 2.23. The summed E-state index contributed by atoms with van der Waals surface area (Å²) in [7, 11) is 0. The first-order valence-corrected chi connectivity index (χ1v) is 5.86. The molecule has 0 aliphatic carbocycles. The number of nitrogens with one attached hydrogen (secondary N) is 1. The summed E-state index contributed by atoms with van der Waals surface area (Å²) in [6, 6.07) is 9.31. The molecule has 0 aromatic heterocycles. The molecule has 4 nitrogen and oxygen atoms in total. The average molecular weight is 235 g/mol. The van der Waals surface area contributed by atoms with Crippen LogP contribution in [0.2, 0.25) is 0 Å². The second-order valence-corrected chi connectivity index (χ2v) is 4.23. The molecule has 4 heteroatoms. The molecule has 2 N–H and O–H groups in total. The molecular formula is C13H17NO3. The lowest BCUT2D eigenvalue weighted by Crippen LogP contribution is -2.34. The van der Waals surface area contributed by atoms with Crippen molar-refractivity contribution in [2.75, 3.05) is 19.8 Å². The van der Waals surface area contributed by atoms with Crippen LogP contribution in [0.15, 0.2) is 30.3 Å². The van der Waals surface area contributed by atoms with E-state index in [1.54, 1.807) is 0 Å². The molecule has 1 amide bonds. The summed E-state index contributed by atoms with van der Waals surface area (Å²) in [5, 5.41) is 12.6. The SMILES string of the molecule is O=C(NCC(O)c1ccccc1)C1CCOC1. The summed E-state index contributed by atoms with van der Waals surface area (Å²) < 4.78 is 5.15. The molecule has 0 spiro atoms. The standard InChI is InChI=1S/C13H17NO3/c15-12(10-4-2-1-3-5-10)8-14-13(16)11-6-7-17-9-11/h1-5,11-12,15H,6-9H2,(H,14,16). The first kappa shape index (κ1) is 12.1. The molecule has 2 unspecified atom stereocenters. The Balaban J connectivity index is 1.80. The maximum Gasteiger partial charge on any atom is 0.225 e. The summed E-state index contributed by atoms with van der Waals surface area (Å²) in [4.78, 5) is 11.7. The van der Waals surface area contributed by atoms with Crippen molar-refractivity contribution in [3.63, 3.8) is 0 Å². The molecule has 0 bridgehead atoms.